The minimum absolute atomic E-state index is 0.358. The molecule has 0 saturated heterocycles. The smallest absolute Gasteiger partial charge is 0.250 e. The molecule has 0 fully saturated rings. The lowest BCUT2D eigenvalue weighted by atomic mass is 10.1. The van der Waals surface area contributed by atoms with Crippen molar-refractivity contribution < 1.29 is 4.79 Å². The molecule has 18 heavy (non-hydrogen) atoms. The van der Waals surface area contributed by atoms with Gasteiger partial charge in [0.05, 0.1) is 12.1 Å². The molecule has 2 aromatic rings. The number of aryl methyl sites for hydroxylation is 1. The summed E-state index contributed by atoms with van der Waals surface area (Å²) in [7, 11) is 1.84. The molecule has 2 rings (SSSR count). The first-order chi connectivity index (χ1) is 8.58. The number of hydrogen-bond donors (Lipinski definition) is 3. The van der Waals surface area contributed by atoms with Crippen molar-refractivity contribution in [2.75, 3.05) is 11.1 Å². The largest absolute Gasteiger partial charge is 0.399 e. The van der Waals surface area contributed by atoms with E-state index in [-0.39, 0.29) is 0 Å². The molecule has 0 spiro atoms. The topological polar surface area (TPSA) is 112 Å². The van der Waals surface area contributed by atoms with Crippen LogP contribution in [0.5, 0.6) is 0 Å². The van der Waals surface area contributed by atoms with Gasteiger partial charge in [0.1, 0.15) is 6.33 Å². The number of anilines is 2. The molecule has 0 aliphatic carbocycles. The molecule has 0 saturated carbocycles. The Balaban J connectivity index is 2.19. The van der Waals surface area contributed by atoms with E-state index in [1.165, 1.54) is 0 Å². The number of carbonyl (C=O) groups excluding carboxylic acids is 1. The molecule has 0 atom stereocenters. The molecule has 0 unspecified atom stereocenters. The van der Waals surface area contributed by atoms with E-state index < -0.39 is 5.91 Å². The summed E-state index contributed by atoms with van der Waals surface area (Å²) in [4.78, 5) is 11.3. The summed E-state index contributed by atoms with van der Waals surface area (Å²) in [6.45, 7) is 0.445. The molecule has 1 heterocycles. The number of nitrogen functional groups attached to an aromatic ring is 1. The van der Waals surface area contributed by atoms with E-state index in [0.717, 1.165) is 5.82 Å². The van der Waals surface area contributed by atoms with E-state index in [0.29, 0.717) is 23.5 Å². The Morgan fingerprint density at radius 2 is 2.28 bits per heavy atom. The summed E-state index contributed by atoms with van der Waals surface area (Å²) in [6.07, 6.45) is 1.61. The van der Waals surface area contributed by atoms with Gasteiger partial charge in [-0.2, -0.15) is 0 Å². The lowest BCUT2D eigenvalue weighted by Gasteiger charge is -2.10. The fourth-order valence-corrected chi connectivity index (χ4v) is 1.56. The second-order valence-electron chi connectivity index (χ2n) is 3.88. The molecular weight excluding hydrogens is 232 g/mol. The van der Waals surface area contributed by atoms with Gasteiger partial charge in [-0.15, -0.1) is 10.2 Å². The molecule has 94 valence electrons. The summed E-state index contributed by atoms with van der Waals surface area (Å²) in [6, 6.07) is 4.96. The molecule has 5 N–H and O–H groups in total. The molecule has 0 aliphatic heterocycles. The van der Waals surface area contributed by atoms with Crippen LogP contribution < -0.4 is 16.8 Å². The number of primary amides is 1. The Morgan fingerprint density at radius 3 is 2.89 bits per heavy atom. The number of benzene rings is 1. The average molecular weight is 246 g/mol. The Hall–Kier alpha value is -2.57. The number of nitrogens with one attached hydrogen (secondary N) is 1. The van der Waals surface area contributed by atoms with Crippen molar-refractivity contribution in [3.8, 4) is 0 Å². The predicted molar refractivity (Wildman–Crippen MR) is 67.7 cm³/mol. The van der Waals surface area contributed by atoms with Gasteiger partial charge in [-0.25, -0.2) is 0 Å². The van der Waals surface area contributed by atoms with Crippen LogP contribution in [-0.2, 0) is 13.6 Å². The van der Waals surface area contributed by atoms with Crippen molar-refractivity contribution in [1.82, 2.24) is 14.8 Å². The highest BCUT2D eigenvalue weighted by Gasteiger charge is 2.09. The lowest BCUT2D eigenvalue weighted by molar-refractivity contribution is 0.100. The molecule has 0 radical (unpaired) electrons. The monoisotopic (exact) mass is 246 g/mol. The molecular formula is C11H14N6O. The van der Waals surface area contributed by atoms with Crippen molar-refractivity contribution in [2.45, 2.75) is 6.54 Å². The van der Waals surface area contributed by atoms with Crippen LogP contribution in [0.2, 0.25) is 0 Å². The highest BCUT2D eigenvalue weighted by molar-refractivity contribution is 5.99. The second-order valence-corrected chi connectivity index (χ2v) is 3.88. The van der Waals surface area contributed by atoms with Crippen molar-refractivity contribution in [1.29, 1.82) is 0 Å². The Kier molecular flexibility index (Phi) is 3.13. The highest BCUT2D eigenvalue weighted by Crippen LogP contribution is 2.18. The van der Waals surface area contributed by atoms with E-state index in [2.05, 4.69) is 15.5 Å². The van der Waals surface area contributed by atoms with E-state index in [9.17, 15) is 4.79 Å². The van der Waals surface area contributed by atoms with Crippen LogP contribution in [0.25, 0.3) is 0 Å². The van der Waals surface area contributed by atoms with Gasteiger partial charge >= 0.3 is 0 Å². The SMILES string of the molecule is Cn1cnnc1CNc1ccc(N)cc1C(N)=O. The zero-order valence-electron chi connectivity index (χ0n) is 9.92. The number of nitrogens with zero attached hydrogens (tertiary/aromatic N) is 3. The first-order valence-electron chi connectivity index (χ1n) is 5.34. The maximum atomic E-state index is 11.3. The Bertz CT molecular complexity index is 577. The molecule has 1 aromatic heterocycles. The average Bonchev–Trinajstić information content (AvgIpc) is 2.73. The Morgan fingerprint density at radius 1 is 1.50 bits per heavy atom. The minimum Gasteiger partial charge on any atom is -0.399 e. The van der Waals surface area contributed by atoms with Gasteiger partial charge in [-0.3, -0.25) is 4.79 Å². The highest BCUT2D eigenvalue weighted by atomic mass is 16.1. The van der Waals surface area contributed by atoms with E-state index in [1.54, 1.807) is 29.1 Å². The van der Waals surface area contributed by atoms with E-state index in [1.807, 2.05) is 7.05 Å². The van der Waals surface area contributed by atoms with Crippen molar-refractivity contribution >= 4 is 17.3 Å². The van der Waals surface area contributed by atoms with Crippen LogP contribution in [0.4, 0.5) is 11.4 Å². The van der Waals surface area contributed by atoms with Gasteiger partial charge in [0, 0.05) is 18.4 Å². The van der Waals surface area contributed by atoms with Gasteiger partial charge in [0.25, 0.3) is 5.91 Å². The standard InChI is InChI=1S/C11H14N6O/c1-17-6-15-16-10(17)5-14-9-3-2-7(12)4-8(9)11(13)18/h2-4,6,14H,5,12H2,1H3,(H2,13,18). The molecule has 0 aliphatic rings. The molecule has 1 amide bonds. The maximum absolute atomic E-state index is 11.3. The number of hydrogen-bond acceptors (Lipinski definition) is 5. The van der Waals surface area contributed by atoms with Crippen LogP contribution >= 0.6 is 0 Å². The first kappa shape index (κ1) is 11.9. The summed E-state index contributed by atoms with van der Waals surface area (Å²) < 4.78 is 1.79. The van der Waals surface area contributed by atoms with Crippen LogP contribution in [-0.4, -0.2) is 20.7 Å². The van der Waals surface area contributed by atoms with Gasteiger partial charge in [-0.1, -0.05) is 0 Å². The second kappa shape index (κ2) is 4.74. The number of amides is 1. The third kappa shape index (κ3) is 2.40. The van der Waals surface area contributed by atoms with Crippen LogP contribution in [0.15, 0.2) is 24.5 Å². The number of carbonyl (C=O) groups is 1. The first-order valence-corrected chi connectivity index (χ1v) is 5.34. The third-order valence-electron chi connectivity index (χ3n) is 2.55. The van der Waals surface area contributed by atoms with Gasteiger partial charge in [0.2, 0.25) is 0 Å². The quantitative estimate of drug-likeness (QED) is 0.663. The summed E-state index contributed by atoms with van der Waals surface area (Å²) in [5.74, 6) is 0.227. The fourth-order valence-electron chi connectivity index (χ4n) is 1.56. The van der Waals surface area contributed by atoms with Crippen molar-refractivity contribution in [3.05, 3.63) is 35.9 Å². The summed E-state index contributed by atoms with van der Waals surface area (Å²) in [5, 5.41) is 10.8. The predicted octanol–water partition coefficient (Wildman–Crippen LogP) is 0.108. The molecule has 7 nitrogen and oxygen atoms in total. The lowest BCUT2D eigenvalue weighted by Crippen LogP contribution is -2.15. The minimum atomic E-state index is -0.525. The van der Waals surface area contributed by atoms with Crippen LogP contribution in [0.1, 0.15) is 16.2 Å². The molecule has 7 heteroatoms. The van der Waals surface area contributed by atoms with Crippen molar-refractivity contribution in [2.24, 2.45) is 12.8 Å². The fraction of sp³-hybridized carbons (Fsp3) is 0.182. The summed E-state index contributed by atoms with van der Waals surface area (Å²) >= 11 is 0. The Labute approximate surface area is 104 Å². The van der Waals surface area contributed by atoms with Crippen LogP contribution in [0, 0.1) is 0 Å². The molecule has 0 bridgehead atoms. The van der Waals surface area contributed by atoms with E-state index in [4.69, 9.17) is 11.5 Å². The number of nitrogens with two attached hydrogens (primary N) is 2. The van der Waals surface area contributed by atoms with Gasteiger partial charge in [0.15, 0.2) is 5.82 Å². The van der Waals surface area contributed by atoms with Crippen LogP contribution in [0.3, 0.4) is 0 Å². The van der Waals surface area contributed by atoms with Gasteiger partial charge < -0.3 is 21.4 Å². The van der Waals surface area contributed by atoms with Gasteiger partial charge in [-0.05, 0) is 18.2 Å². The number of aromatic nitrogens is 3. The third-order valence-corrected chi connectivity index (χ3v) is 2.55. The normalized spacial score (nSPS) is 10.3. The van der Waals surface area contributed by atoms with Crippen molar-refractivity contribution in [3.63, 3.8) is 0 Å². The zero-order chi connectivity index (χ0) is 13.1. The van der Waals surface area contributed by atoms with E-state index >= 15 is 0 Å². The number of rotatable bonds is 4. The molecule has 1 aromatic carbocycles. The maximum Gasteiger partial charge on any atom is 0.250 e. The summed E-state index contributed by atoms with van der Waals surface area (Å²) in [5.41, 5.74) is 12.4. The zero-order valence-corrected chi connectivity index (χ0v) is 9.92.